The molecule has 19 heavy (non-hydrogen) atoms. The molecule has 6 heteroatoms. The normalized spacial score (nSPS) is 13.9. The van der Waals surface area contributed by atoms with Gasteiger partial charge < -0.3 is 0 Å². The molecule has 0 amide bonds. The van der Waals surface area contributed by atoms with Gasteiger partial charge in [-0.25, -0.2) is 4.98 Å². The van der Waals surface area contributed by atoms with E-state index >= 15 is 0 Å². The summed E-state index contributed by atoms with van der Waals surface area (Å²) in [4.78, 5) is 4.56. The van der Waals surface area contributed by atoms with Gasteiger partial charge in [0, 0.05) is 10.9 Å². The molecule has 0 saturated heterocycles. The molecule has 3 N–H and O–H groups in total. The lowest BCUT2D eigenvalue weighted by atomic mass is 10.2. The first kappa shape index (κ1) is 11.7. The molecule has 0 bridgehead atoms. The number of nitriles is 1. The average Bonchev–Trinajstić information content (AvgIpc) is 3.07. The predicted molar refractivity (Wildman–Crippen MR) is 74.2 cm³/mol. The lowest BCUT2D eigenvalue weighted by Gasteiger charge is -1.98. The average molecular weight is 269 g/mol. The van der Waals surface area contributed by atoms with Crippen LogP contribution in [0.4, 0.5) is 0 Å². The maximum atomic E-state index is 8.98. The van der Waals surface area contributed by atoms with Crippen molar-refractivity contribution < 1.29 is 0 Å². The Kier molecular flexibility index (Phi) is 2.91. The van der Waals surface area contributed by atoms with Gasteiger partial charge in [0.25, 0.3) is 0 Å². The number of aryl methyl sites for hydroxylation is 1. The van der Waals surface area contributed by atoms with Crippen molar-refractivity contribution in [3.05, 3.63) is 46.6 Å². The zero-order valence-corrected chi connectivity index (χ0v) is 11.0. The van der Waals surface area contributed by atoms with Crippen molar-refractivity contribution in [3.8, 4) is 16.6 Å². The van der Waals surface area contributed by atoms with Crippen LogP contribution in [0.2, 0.25) is 0 Å². The van der Waals surface area contributed by atoms with Crippen LogP contribution in [0.15, 0.2) is 35.3 Å². The summed E-state index contributed by atoms with van der Waals surface area (Å²) in [5.74, 6) is 0. The first-order chi connectivity index (χ1) is 9.28. The maximum absolute atomic E-state index is 8.98. The van der Waals surface area contributed by atoms with Crippen LogP contribution in [0.3, 0.4) is 0 Å². The lowest BCUT2D eigenvalue weighted by molar-refractivity contribution is 0.611. The Morgan fingerprint density at radius 3 is 2.74 bits per heavy atom. The molecule has 3 rings (SSSR count). The number of allylic oxidation sites excluding steroid dienone is 1. The molecule has 1 aromatic carbocycles. The highest BCUT2D eigenvalue weighted by molar-refractivity contribution is 7.13. The minimum atomic E-state index is 0.445. The molecular formula is C13H11N5S. The second-order valence-electron chi connectivity index (χ2n) is 4.14. The molecule has 0 spiro atoms. The molecule has 2 heterocycles. The van der Waals surface area contributed by atoms with Crippen LogP contribution >= 0.6 is 11.3 Å². The van der Waals surface area contributed by atoms with Crippen LogP contribution in [0.1, 0.15) is 11.3 Å². The third kappa shape index (κ3) is 2.17. The van der Waals surface area contributed by atoms with Gasteiger partial charge in [0.2, 0.25) is 0 Å². The van der Waals surface area contributed by atoms with Crippen molar-refractivity contribution in [2.45, 2.75) is 6.92 Å². The highest BCUT2D eigenvalue weighted by atomic mass is 32.1. The number of rotatable bonds is 2. The minimum absolute atomic E-state index is 0.445. The molecule has 0 saturated carbocycles. The van der Waals surface area contributed by atoms with E-state index in [0.717, 1.165) is 16.3 Å². The van der Waals surface area contributed by atoms with Gasteiger partial charge >= 0.3 is 0 Å². The van der Waals surface area contributed by atoms with Crippen molar-refractivity contribution in [3.63, 3.8) is 0 Å². The fourth-order valence-electron chi connectivity index (χ4n) is 1.77. The van der Waals surface area contributed by atoms with Crippen LogP contribution in [0.25, 0.3) is 16.3 Å². The fourth-order valence-corrected chi connectivity index (χ4v) is 2.59. The second kappa shape index (κ2) is 4.72. The van der Waals surface area contributed by atoms with E-state index in [1.165, 1.54) is 5.56 Å². The van der Waals surface area contributed by atoms with Gasteiger partial charge in [0.1, 0.15) is 22.5 Å². The van der Waals surface area contributed by atoms with Crippen molar-refractivity contribution in [2.24, 2.45) is 0 Å². The number of hydrazine groups is 2. The van der Waals surface area contributed by atoms with E-state index < -0.39 is 0 Å². The van der Waals surface area contributed by atoms with Gasteiger partial charge in [-0.15, -0.1) is 16.9 Å². The highest BCUT2D eigenvalue weighted by Gasteiger charge is 2.17. The first-order valence-corrected chi connectivity index (χ1v) is 6.60. The van der Waals surface area contributed by atoms with Crippen LogP contribution in [-0.4, -0.2) is 4.98 Å². The number of hydrogen-bond acceptors (Lipinski definition) is 6. The van der Waals surface area contributed by atoms with Gasteiger partial charge in [-0.2, -0.15) is 5.26 Å². The van der Waals surface area contributed by atoms with Gasteiger partial charge in [-0.3, -0.25) is 10.9 Å². The maximum Gasteiger partial charge on any atom is 0.156 e. The largest absolute Gasteiger partial charge is 0.299 e. The molecule has 0 atom stereocenters. The van der Waals surface area contributed by atoms with E-state index in [1.807, 2.05) is 5.38 Å². The molecule has 94 valence electrons. The molecule has 0 aliphatic carbocycles. The molecule has 5 nitrogen and oxygen atoms in total. The molecule has 1 aliphatic rings. The lowest BCUT2D eigenvalue weighted by Crippen LogP contribution is -2.32. The van der Waals surface area contributed by atoms with E-state index in [-0.39, 0.29) is 0 Å². The molecule has 1 aromatic heterocycles. The van der Waals surface area contributed by atoms with Crippen molar-refractivity contribution in [1.82, 2.24) is 21.4 Å². The summed E-state index contributed by atoms with van der Waals surface area (Å²) in [7, 11) is 0. The molecule has 0 unspecified atom stereocenters. The third-order valence-electron chi connectivity index (χ3n) is 2.80. The number of benzene rings is 1. The van der Waals surface area contributed by atoms with E-state index in [4.69, 9.17) is 5.26 Å². The molecule has 1 aliphatic heterocycles. The Morgan fingerprint density at radius 1 is 1.21 bits per heavy atom. The quantitative estimate of drug-likeness (QED) is 0.777. The van der Waals surface area contributed by atoms with Gasteiger partial charge in [0.05, 0.1) is 0 Å². The van der Waals surface area contributed by atoms with Gasteiger partial charge in [0.15, 0.2) is 5.70 Å². The van der Waals surface area contributed by atoms with Crippen LogP contribution in [0, 0.1) is 18.3 Å². The summed E-state index contributed by atoms with van der Waals surface area (Å²) in [6, 6.07) is 10.3. The fraction of sp³-hybridized carbons (Fsp3) is 0.0769. The van der Waals surface area contributed by atoms with Crippen LogP contribution in [0.5, 0.6) is 0 Å². The first-order valence-electron chi connectivity index (χ1n) is 5.72. The van der Waals surface area contributed by atoms with Crippen molar-refractivity contribution >= 4 is 17.0 Å². The molecule has 0 radical (unpaired) electrons. The van der Waals surface area contributed by atoms with Crippen molar-refractivity contribution in [1.29, 1.82) is 5.26 Å². The Bertz CT molecular complexity index is 678. The Morgan fingerprint density at radius 2 is 2.00 bits per heavy atom. The summed E-state index contributed by atoms with van der Waals surface area (Å²) in [6.45, 7) is 2.06. The summed E-state index contributed by atoms with van der Waals surface area (Å²) in [5, 5.41) is 11.8. The van der Waals surface area contributed by atoms with Crippen LogP contribution < -0.4 is 16.4 Å². The van der Waals surface area contributed by atoms with Crippen molar-refractivity contribution in [2.75, 3.05) is 0 Å². The SMILES string of the molecule is Cc1ccc(-c2nc(C3=C(C#N)NNN3)cs2)cc1. The number of nitrogens with one attached hydrogen (secondary N) is 3. The zero-order valence-electron chi connectivity index (χ0n) is 10.2. The highest BCUT2D eigenvalue weighted by Crippen LogP contribution is 2.27. The van der Waals surface area contributed by atoms with Crippen LogP contribution in [-0.2, 0) is 0 Å². The second-order valence-corrected chi connectivity index (χ2v) is 5.00. The Labute approximate surface area is 114 Å². The Hall–Kier alpha value is -2.36. The third-order valence-corrected chi connectivity index (χ3v) is 3.69. The number of nitrogens with zero attached hydrogens (tertiary/aromatic N) is 2. The number of thiazole rings is 1. The molecule has 0 fully saturated rings. The minimum Gasteiger partial charge on any atom is -0.299 e. The zero-order chi connectivity index (χ0) is 13.2. The Balaban J connectivity index is 1.96. The molecular weight excluding hydrogens is 258 g/mol. The summed E-state index contributed by atoms with van der Waals surface area (Å²) < 4.78 is 0. The van der Waals surface area contributed by atoms with E-state index in [1.54, 1.807) is 11.3 Å². The molecule has 2 aromatic rings. The smallest absolute Gasteiger partial charge is 0.156 e. The topological polar surface area (TPSA) is 72.8 Å². The summed E-state index contributed by atoms with van der Waals surface area (Å²) in [5.41, 5.74) is 12.5. The van der Waals surface area contributed by atoms with Gasteiger partial charge in [-0.05, 0) is 6.92 Å². The van der Waals surface area contributed by atoms with Gasteiger partial charge in [-0.1, -0.05) is 29.8 Å². The monoisotopic (exact) mass is 269 g/mol. The summed E-state index contributed by atoms with van der Waals surface area (Å²) >= 11 is 1.56. The summed E-state index contributed by atoms with van der Waals surface area (Å²) in [6.07, 6.45) is 0. The van der Waals surface area contributed by atoms with E-state index in [0.29, 0.717) is 11.4 Å². The predicted octanol–water partition coefficient (Wildman–Crippen LogP) is 1.92. The van der Waals surface area contributed by atoms with E-state index in [2.05, 4.69) is 58.6 Å². The van der Waals surface area contributed by atoms with E-state index in [9.17, 15) is 0 Å². The number of hydrogen-bond donors (Lipinski definition) is 3. The number of aromatic nitrogens is 1. The standard InChI is InChI=1S/C13H11N5S/c1-8-2-4-9(5-3-8)13-15-11(7-19-13)12-10(6-14)16-18-17-12/h2-5,7,16-18H,1H3.